The summed E-state index contributed by atoms with van der Waals surface area (Å²) in [6, 6.07) is 9.59. The van der Waals surface area contributed by atoms with E-state index in [-0.39, 0.29) is 11.5 Å². The minimum absolute atomic E-state index is 0.0478. The molecule has 0 saturated carbocycles. The molecule has 1 saturated heterocycles. The Morgan fingerprint density at radius 2 is 1.93 bits per heavy atom. The van der Waals surface area contributed by atoms with E-state index in [2.05, 4.69) is 6.92 Å². The lowest BCUT2D eigenvalue weighted by molar-refractivity contribution is -0.127. The number of fused-ring (bicyclic) bond motifs is 1. The summed E-state index contributed by atoms with van der Waals surface area (Å²) >= 11 is 2.97. The summed E-state index contributed by atoms with van der Waals surface area (Å²) < 4.78 is 1.67. The van der Waals surface area contributed by atoms with E-state index < -0.39 is 0 Å². The number of benzene rings is 1. The van der Waals surface area contributed by atoms with Crippen molar-refractivity contribution in [3.05, 3.63) is 51.1 Å². The number of likely N-dealkylation sites (tertiary alicyclic amines) is 1. The fourth-order valence-electron chi connectivity index (χ4n) is 3.76. The molecular weight excluding hydrogens is 402 g/mol. The van der Waals surface area contributed by atoms with Crippen LogP contribution in [-0.4, -0.2) is 39.2 Å². The number of nitrogens with zero attached hydrogens (tertiary/aromatic N) is 3. The number of carbonyl (C=O) groups excluding carboxylic acids is 1. The van der Waals surface area contributed by atoms with E-state index in [9.17, 15) is 9.59 Å². The number of carbonyl (C=O) groups is 1. The molecule has 3 heterocycles. The largest absolute Gasteiger partial charge is 0.342 e. The van der Waals surface area contributed by atoms with Gasteiger partial charge in [0.05, 0.1) is 16.8 Å². The van der Waals surface area contributed by atoms with Crippen molar-refractivity contribution in [1.82, 2.24) is 14.5 Å². The number of amides is 1. The van der Waals surface area contributed by atoms with E-state index >= 15 is 0 Å². The highest BCUT2D eigenvalue weighted by atomic mass is 32.2. The SMILES string of the molecule is CCCc1sc2nc(SCC(=O)N3CCCC3)n(-c3ccccc3)c(=O)c2c1C. The average molecular weight is 428 g/mol. The fraction of sp³-hybridized carbons (Fsp3) is 0.409. The summed E-state index contributed by atoms with van der Waals surface area (Å²) in [6.45, 7) is 5.83. The lowest BCUT2D eigenvalue weighted by atomic mass is 10.1. The molecule has 0 radical (unpaired) electrons. The molecule has 5 nitrogen and oxygen atoms in total. The minimum Gasteiger partial charge on any atom is -0.342 e. The van der Waals surface area contributed by atoms with Crippen molar-refractivity contribution in [2.75, 3.05) is 18.8 Å². The summed E-state index contributed by atoms with van der Waals surface area (Å²) in [5.41, 5.74) is 1.78. The van der Waals surface area contributed by atoms with Gasteiger partial charge >= 0.3 is 0 Å². The van der Waals surface area contributed by atoms with Gasteiger partial charge in [-0.1, -0.05) is 43.3 Å². The third-order valence-corrected chi connectivity index (χ3v) is 7.48. The van der Waals surface area contributed by atoms with Crippen LogP contribution in [0.25, 0.3) is 15.9 Å². The van der Waals surface area contributed by atoms with Crippen molar-refractivity contribution in [2.45, 2.75) is 44.7 Å². The summed E-state index contributed by atoms with van der Waals surface area (Å²) in [4.78, 5) is 34.8. The van der Waals surface area contributed by atoms with Crippen LogP contribution in [0.1, 0.15) is 36.6 Å². The average Bonchev–Trinajstić information content (AvgIpc) is 3.36. The number of rotatable bonds is 6. The summed E-state index contributed by atoms with van der Waals surface area (Å²) in [5.74, 6) is 0.423. The molecule has 1 fully saturated rings. The highest BCUT2D eigenvalue weighted by Crippen LogP contribution is 2.31. The van der Waals surface area contributed by atoms with Gasteiger partial charge in [-0.05, 0) is 43.9 Å². The van der Waals surface area contributed by atoms with E-state index in [1.165, 1.54) is 16.6 Å². The third kappa shape index (κ3) is 3.98. The predicted molar refractivity (Wildman–Crippen MR) is 120 cm³/mol. The van der Waals surface area contributed by atoms with Crippen LogP contribution in [0.2, 0.25) is 0 Å². The number of aryl methyl sites for hydroxylation is 2. The Bertz CT molecular complexity index is 1080. The lowest BCUT2D eigenvalue weighted by Crippen LogP contribution is -2.29. The second kappa shape index (κ2) is 8.71. The smallest absolute Gasteiger partial charge is 0.267 e. The molecule has 3 aromatic rings. The number of para-hydroxylation sites is 1. The first-order chi connectivity index (χ1) is 14.1. The molecule has 1 aromatic carbocycles. The van der Waals surface area contributed by atoms with Crippen molar-refractivity contribution >= 4 is 39.2 Å². The van der Waals surface area contributed by atoms with Crippen LogP contribution in [0.5, 0.6) is 0 Å². The van der Waals surface area contributed by atoms with Gasteiger partial charge in [0.2, 0.25) is 5.91 Å². The number of hydrogen-bond donors (Lipinski definition) is 0. The third-order valence-electron chi connectivity index (χ3n) is 5.31. The first-order valence-corrected chi connectivity index (χ1v) is 11.9. The maximum Gasteiger partial charge on any atom is 0.267 e. The summed E-state index contributed by atoms with van der Waals surface area (Å²) in [5, 5.41) is 1.29. The Kier molecular flexibility index (Phi) is 6.06. The van der Waals surface area contributed by atoms with Gasteiger partial charge in [-0.25, -0.2) is 4.98 Å². The van der Waals surface area contributed by atoms with Crippen molar-refractivity contribution in [2.24, 2.45) is 0 Å². The Balaban J connectivity index is 1.78. The van der Waals surface area contributed by atoms with Crippen LogP contribution in [-0.2, 0) is 11.2 Å². The molecule has 152 valence electrons. The van der Waals surface area contributed by atoms with Gasteiger partial charge in [0, 0.05) is 18.0 Å². The first-order valence-electron chi connectivity index (χ1n) is 10.1. The van der Waals surface area contributed by atoms with E-state index in [0.29, 0.717) is 16.3 Å². The summed E-state index contributed by atoms with van der Waals surface area (Å²) in [7, 11) is 0. The lowest BCUT2D eigenvalue weighted by Gasteiger charge is -2.16. The molecule has 1 aliphatic rings. The van der Waals surface area contributed by atoms with Crippen LogP contribution in [0.15, 0.2) is 40.3 Å². The van der Waals surface area contributed by atoms with Crippen LogP contribution < -0.4 is 5.56 Å². The highest BCUT2D eigenvalue weighted by Gasteiger charge is 2.22. The van der Waals surface area contributed by atoms with Gasteiger partial charge in [-0.15, -0.1) is 11.3 Å². The second-order valence-corrected chi connectivity index (χ2v) is 9.35. The van der Waals surface area contributed by atoms with Gasteiger partial charge in [-0.2, -0.15) is 0 Å². The van der Waals surface area contributed by atoms with E-state index in [1.807, 2.05) is 42.2 Å². The molecule has 0 aliphatic carbocycles. The monoisotopic (exact) mass is 427 g/mol. The molecule has 1 amide bonds. The number of thiophene rings is 1. The molecule has 0 N–H and O–H groups in total. The molecule has 1 aliphatic heterocycles. The van der Waals surface area contributed by atoms with E-state index in [4.69, 9.17) is 4.98 Å². The molecule has 0 spiro atoms. The van der Waals surface area contributed by atoms with E-state index in [0.717, 1.165) is 54.9 Å². The Hall–Kier alpha value is -2.12. The second-order valence-electron chi connectivity index (χ2n) is 7.33. The first kappa shape index (κ1) is 20.2. The van der Waals surface area contributed by atoms with Crippen LogP contribution >= 0.6 is 23.1 Å². The molecule has 7 heteroatoms. The topological polar surface area (TPSA) is 55.2 Å². The molecular formula is C22H25N3O2S2. The van der Waals surface area contributed by atoms with Gasteiger partial charge in [0.1, 0.15) is 4.83 Å². The highest BCUT2D eigenvalue weighted by molar-refractivity contribution is 7.99. The molecule has 0 atom stereocenters. The van der Waals surface area contributed by atoms with Crippen LogP contribution in [0.4, 0.5) is 0 Å². The fourth-order valence-corrected chi connectivity index (χ4v) is 6.00. The Morgan fingerprint density at radius 1 is 1.21 bits per heavy atom. The number of thioether (sulfide) groups is 1. The Morgan fingerprint density at radius 3 is 2.62 bits per heavy atom. The summed E-state index contributed by atoms with van der Waals surface area (Å²) in [6.07, 6.45) is 4.13. The zero-order valence-electron chi connectivity index (χ0n) is 16.8. The maximum atomic E-state index is 13.5. The number of hydrogen-bond acceptors (Lipinski definition) is 5. The zero-order chi connectivity index (χ0) is 20.4. The van der Waals surface area contributed by atoms with Crippen molar-refractivity contribution in [1.29, 1.82) is 0 Å². The zero-order valence-corrected chi connectivity index (χ0v) is 18.4. The van der Waals surface area contributed by atoms with Crippen molar-refractivity contribution in [3.63, 3.8) is 0 Å². The minimum atomic E-state index is -0.0478. The maximum absolute atomic E-state index is 13.5. The van der Waals surface area contributed by atoms with Gasteiger partial charge in [0.15, 0.2) is 5.16 Å². The van der Waals surface area contributed by atoms with Crippen molar-refractivity contribution < 1.29 is 4.79 Å². The molecule has 4 rings (SSSR count). The van der Waals surface area contributed by atoms with Gasteiger partial charge in [0.25, 0.3) is 5.56 Å². The Labute approximate surface area is 178 Å². The predicted octanol–water partition coefficient (Wildman–Crippen LogP) is 4.42. The van der Waals surface area contributed by atoms with Crippen molar-refractivity contribution in [3.8, 4) is 5.69 Å². The molecule has 2 aromatic heterocycles. The quantitative estimate of drug-likeness (QED) is 0.432. The molecule has 0 bridgehead atoms. The van der Waals surface area contributed by atoms with Gasteiger partial charge < -0.3 is 4.90 Å². The molecule has 29 heavy (non-hydrogen) atoms. The van der Waals surface area contributed by atoms with Crippen LogP contribution in [0.3, 0.4) is 0 Å². The molecule has 0 unspecified atom stereocenters. The number of aromatic nitrogens is 2. The standard InChI is InChI=1S/C22H25N3O2S2/c1-3-9-17-15(2)19-20(29-17)23-22(28-14-18(26)24-12-7-8-13-24)25(21(19)27)16-10-5-4-6-11-16/h4-6,10-11H,3,7-9,12-14H2,1-2H3. The normalized spacial score (nSPS) is 14.1. The van der Waals surface area contributed by atoms with Crippen LogP contribution in [0, 0.1) is 6.92 Å². The van der Waals surface area contributed by atoms with E-state index in [1.54, 1.807) is 15.9 Å². The van der Waals surface area contributed by atoms with Gasteiger partial charge in [-0.3, -0.25) is 14.2 Å².